The van der Waals surface area contributed by atoms with Crippen molar-refractivity contribution >= 4 is 39.1 Å². The molecule has 33 heavy (non-hydrogen) atoms. The number of hydrogen-bond donors (Lipinski definition) is 3. The number of non-ortho nitro benzene ring substituents is 1. The third kappa shape index (κ3) is 6.04. The Kier molecular flexibility index (Phi) is 6.88. The quantitative estimate of drug-likeness (QED) is 0.271. The van der Waals surface area contributed by atoms with E-state index in [4.69, 9.17) is 4.18 Å². The van der Waals surface area contributed by atoms with Gasteiger partial charge in [0.1, 0.15) is 10.6 Å². The van der Waals surface area contributed by atoms with Gasteiger partial charge in [0.25, 0.3) is 11.6 Å². The van der Waals surface area contributed by atoms with Crippen molar-refractivity contribution in [3.05, 3.63) is 88.5 Å². The highest BCUT2D eigenvalue weighted by Crippen LogP contribution is 2.23. The Hall–Kier alpha value is -4.45. The molecule has 0 saturated carbocycles. The van der Waals surface area contributed by atoms with Gasteiger partial charge in [0.05, 0.1) is 4.92 Å². The summed E-state index contributed by atoms with van der Waals surface area (Å²) in [5.74, 6) is -0.516. The highest BCUT2D eigenvalue weighted by molar-refractivity contribution is 7.87. The fourth-order valence-electron chi connectivity index (χ4n) is 2.62. The van der Waals surface area contributed by atoms with Crippen LogP contribution in [-0.4, -0.2) is 32.3 Å². The summed E-state index contributed by atoms with van der Waals surface area (Å²) in [6, 6.07) is 15.9. The number of carbonyl (C=O) groups is 2. The summed E-state index contributed by atoms with van der Waals surface area (Å²) in [7, 11) is -2.82. The van der Waals surface area contributed by atoms with Gasteiger partial charge in [-0.1, -0.05) is 6.07 Å². The van der Waals surface area contributed by atoms with Crippen LogP contribution in [0, 0.1) is 10.1 Å². The molecule has 3 aromatic carbocycles. The van der Waals surface area contributed by atoms with E-state index < -0.39 is 20.9 Å². The number of hydrogen-bond acceptors (Lipinski definition) is 7. The molecule has 0 aromatic heterocycles. The Morgan fingerprint density at radius 1 is 0.909 bits per heavy atom. The van der Waals surface area contributed by atoms with E-state index in [1.54, 1.807) is 24.3 Å². The number of benzene rings is 3. The molecule has 0 unspecified atom stereocenters. The average molecular weight is 470 g/mol. The van der Waals surface area contributed by atoms with Crippen molar-refractivity contribution in [1.82, 2.24) is 5.32 Å². The molecule has 3 N–H and O–H groups in total. The lowest BCUT2D eigenvalue weighted by Gasteiger charge is -2.09. The van der Waals surface area contributed by atoms with E-state index in [-0.39, 0.29) is 27.9 Å². The summed E-state index contributed by atoms with van der Waals surface area (Å²) in [6.07, 6.45) is 0. The second-order valence-corrected chi connectivity index (χ2v) is 8.10. The largest absolute Gasteiger partial charge is 0.379 e. The summed E-state index contributed by atoms with van der Waals surface area (Å²) < 4.78 is 29.8. The number of rotatable bonds is 7. The van der Waals surface area contributed by atoms with Crippen LogP contribution in [0.4, 0.5) is 21.9 Å². The first-order chi connectivity index (χ1) is 15.7. The number of urea groups is 1. The van der Waals surface area contributed by atoms with E-state index in [1.807, 2.05) is 0 Å². The summed E-state index contributed by atoms with van der Waals surface area (Å²) in [5.41, 5.74) is 0.877. The molecule has 170 valence electrons. The zero-order valence-electron chi connectivity index (χ0n) is 17.1. The highest BCUT2D eigenvalue weighted by Gasteiger charge is 2.20. The molecule has 3 rings (SSSR count). The van der Waals surface area contributed by atoms with E-state index in [0.717, 1.165) is 6.07 Å². The predicted molar refractivity (Wildman–Crippen MR) is 120 cm³/mol. The van der Waals surface area contributed by atoms with Gasteiger partial charge in [-0.15, -0.1) is 0 Å². The molecule has 0 aliphatic rings. The minimum atomic E-state index is -4.31. The minimum absolute atomic E-state index is 0.0670. The molecule has 0 radical (unpaired) electrons. The molecule has 3 amide bonds. The fraction of sp³-hybridized carbons (Fsp3) is 0.0476. The van der Waals surface area contributed by atoms with Crippen LogP contribution in [-0.2, 0) is 10.1 Å². The number of nitro groups is 1. The van der Waals surface area contributed by atoms with Crippen LogP contribution in [0.3, 0.4) is 0 Å². The molecule has 0 heterocycles. The summed E-state index contributed by atoms with van der Waals surface area (Å²) in [6.45, 7) is 0. The minimum Gasteiger partial charge on any atom is -0.379 e. The first-order valence-electron chi connectivity index (χ1n) is 9.37. The predicted octanol–water partition coefficient (Wildman–Crippen LogP) is 3.37. The molecule has 12 heteroatoms. The lowest BCUT2D eigenvalue weighted by Crippen LogP contribution is -2.24. The topological polar surface area (TPSA) is 157 Å². The van der Waals surface area contributed by atoms with Crippen molar-refractivity contribution in [2.75, 3.05) is 17.7 Å². The van der Waals surface area contributed by atoms with Gasteiger partial charge in [-0.05, 0) is 54.6 Å². The summed E-state index contributed by atoms with van der Waals surface area (Å²) in [5, 5.41) is 18.5. The van der Waals surface area contributed by atoms with Crippen LogP contribution in [0.5, 0.6) is 5.75 Å². The number of nitrogens with one attached hydrogen (secondary N) is 3. The average Bonchev–Trinajstić information content (AvgIpc) is 2.80. The van der Waals surface area contributed by atoms with Gasteiger partial charge in [0.15, 0.2) is 0 Å². The lowest BCUT2D eigenvalue weighted by atomic mass is 10.2. The highest BCUT2D eigenvalue weighted by atomic mass is 32.2. The molecule has 0 atom stereocenters. The smallest absolute Gasteiger partial charge is 0.339 e. The molecule has 0 saturated heterocycles. The maximum atomic E-state index is 12.4. The van der Waals surface area contributed by atoms with Crippen LogP contribution in [0.2, 0.25) is 0 Å². The normalized spacial score (nSPS) is 10.7. The monoisotopic (exact) mass is 470 g/mol. The molecule has 0 bridgehead atoms. The van der Waals surface area contributed by atoms with Crippen LogP contribution >= 0.6 is 0 Å². The fourth-order valence-corrected chi connectivity index (χ4v) is 3.59. The first-order valence-corrected chi connectivity index (χ1v) is 10.8. The zero-order valence-corrected chi connectivity index (χ0v) is 18.0. The lowest BCUT2D eigenvalue weighted by molar-refractivity contribution is -0.385. The van der Waals surface area contributed by atoms with Crippen LogP contribution in [0.1, 0.15) is 10.4 Å². The second-order valence-electron chi connectivity index (χ2n) is 6.55. The maximum Gasteiger partial charge on any atom is 0.339 e. The van der Waals surface area contributed by atoms with Crippen molar-refractivity contribution in [2.45, 2.75) is 4.90 Å². The van der Waals surface area contributed by atoms with Gasteiger partial charge in [-0.3, -0.25) is 14.9 Å². The van der Waals surface area contributed by atoms with Gasteiger partial charge in [-0.2, -0.15) is 8.42 Å². The molecular formula is C21H18N4O7S. The molecular weight excluding hydrogens is 452 g/mol. The molecule has 3 aromatic rings. The number of carbonyl (C=O) groups excluding carboxylic acids is 2. The molecule has 0 aliphatic carbocycles. The zero-order chi connectivity index (χ0) is 24.0. The van der Waals surface area contributed by atoms with E-state index >= 15 is 0 Å². The molecule has 0 fully saturated rings. The van der Waals surface area contributed by atoms with E-state index in [9.17, 15) is 28.1 Å². The van der Waals surface area contributed by atoms with Crippen molar-refractivity contribution in [3.63, 3.8) is 0 Å². The Balaban J connectivity index is 1.66. The summed E-state index contributed by atoms with van der Waals surface area (Å²) >= 11 is 0. The van der Waals surface area contributed by atoms with Gasteiger partial charge in [-0.25, -0.2) is 4.79 Å². The van der Waals surface area contributed by atoms with Gasteiger partial charge in [0.2, 0.25) is 0 Å². The van der Waals surface area contributed by atoms with Crippen LogP contribution in [0.25, 0.3) is 0 Å². The van der Waals surface area contributed by atoms with Gasteiger partial charge < -0.3 is 20.1 Å². The Morgan fingerprint density at radius 2 is 1.52 bits per heavy atom. The van der Waals surface area contributed by atoms with Crippen LogP contribution in [0.15, 0.2) is 77.7 Å². The van der Waals surface area contributed by atoms with E-state index in [1.165, 1.54) is 49.5 Å². The van der Waals surface area contributed by atoms with E-state index in [2.05, 4.69) is 16.0 Å². The van der Waals surface area contributed by atoms with Crippen molar-refractivity contribution in [2.24, 2.45) is 0 Å². The van der Waals surface area contributed by atoms with E-state index in [0.29, 0.717) is 11.4 Å². The van der Waals surface area contributed by atoms with Gasteiger partial charge >= 0.3 is 16.1 Å². The van der Waals surface area contributed by atoms with Crippen molar-refractivity contribution in [3.8, 4) is 5.75 Å². The second kappa shape index (κ2) is 9.78. The van der Waals surface area contributed by atoms with Crippen molar-refractivity contribution < 1.29 is 27.1 Å². The standard InChI is InChI=1S/C21H18N4O7S/c1-22-21(27)24-16-9-7-15(8-10-16)23-20(26)14-5-11-18(12-6-14)32-33(30,31)19-4-2-3-17(13-19)25(28)29/h2-13H,1H3,(H,23,26)(H2,22,24,27). The van der Waals surface area contributed by atoms with Gasteiger partial charge in [0, 0.05) is 36.1 Å². The third-order valence-electron chi connectivity index (χ3n) is 4.27. The number of nitrogens with zero attached hydrogens (tertiary/aromatic N) is 1. The Morgan fingerprint density at radius 3 is 2.09 bits per heavy atom. The molecule has 0 aliphatic heterocycles. The Bertz CT molecular complexity index is 1290. The third-order valence-corrected chi connectivity index (χ3v) is 5.51. The maximum absolute atomic E-state index is 12.4. The van der Waals surface area contributed by atoms with Crippen LogP contribution < -0.4 is 20.1 Å². The number of amides is 3. The first kappa shape index (κ1) is 23.2. The summed E-state index contributed by atoms with van der Waals surface area (Å²) in [4.78, 5) is 33.5. The SMILES string of the molecule is CNC(=O)Nc1ccc(NC(=O)c2ccc(OS(=O)(=O)c3cccc([N+](=O)[O-])c3)cc2)cc1. The number of anilines is 2. The Labute approximate surface area is 188 Å². The molecule has 0 spiro atoms. The van der Waals surface area contributed by atoms with Crippen molar-refractivity contribution in [1.29, 1.82) is 0 Å². The number of nitro benzene ring substituents is 1. The molecule has 11 nitrogen and oxygen atoms in total.